The third kappa shape index (κ3) is 3.61. The molecular formula is C21H22N2O3. The Morgan fingerprint density at radius 1 is 1.15 bits per heavy atom. The first-order chi connectivity index (χ1) is 12.5. The SMILES string of the molecule is COc1ccccc1-n1nc(-c2ccc(CC(C)C)cc2)cc1C(=O)O. The Labute approximate surface area is 152 Å². The monoisotopic (exact) mass is 350 g/mol. The maximum Gasteiger partial charge on any atom is 0.354 e. The van der Waals surface area contributed by atoms with E-state index in [-0.39, 0.29) is 5.69 Å². The largest absolute Gasteiger partial charge is 0.494 e. The standard InChI is InChI=1S/C21H22N2O3/c1-14(2)12-15-8-10-16(11-9-15)17-13-19(21(24)25)23(22-17)18-6-4-5-7-20(18)26-3/h4-11,13-14H,12H2,1-3H3,(H,24,25). The first kappa shape index (κ1) is 17.7. The number of carboxylic acid groups (broad SMARTS) is 1. The molecule has 0 fully saturated rings. The predicted molar refractivity (Wildman–Crippen MR) is 101 cm³/mol. The molecule has 26 heavy (non-hydrogen) atoms. The molecule has 0 aliphatic heterocycles. The maximum absolute atomic E-state index is 11.7. The van der Waals surface area contributed by atoms with Crippen molar-refractivity contribution in [1.29, 1.82) is 0 Å². The number of aromatic nitrogens is 2. The molecule has 0 aliphatic carbocycles. The zero-order chi connectivity index (χ0) is 18.7. The number of nitrogens with zero attached hydrogens (tertiary/aromatic N) is 2. The van der Waals surface area contributed by atoms with Gasteiger partial charge in [0.15, 0.2) is 5.69 Å². The predicted octanol–water partition coefficient (Wildman–Crippen LogP) is 4.44. The average molecular weight is 350 g/mol. The van der Waals surface area contributed by atoms with Gasteiger partial charge in [-0.05, 0) is 36.1 Å². The minimum atomic E-state index is -1.04. The van der Waals surface area contributed by atoms with Crippen LogP contribution in [0.15, 0.2) is 54.6 Å². The van der Waals surface area contributed by atoms with E-state index >= 15 is 0 Å². The number of methoxy groups -OCH3 is 1. The van der Waals surface area contributed by atoms with E-state index in [4.69, 9.17) is 4.74 Å². The lowest BCUT2D eigenvalue weighted by atomic mass is 10.0. The number of carbonyl (C=O) groups is 1. The average Bonchev–Trinajstić information content (AvgIpc) is 3.07. The van der Waals surface area contributed by atoms with Crippen LogP contribution in [-0.4, -0.2) is 28.0 Å². The van der Waals surface area contributed by atoms with Gasteiger partial charge in [-0.3, -0.25) is 0 Å². The van der Waals surface area contributed by atoms with Crippen LogP contribution in [0.1, 0.15) is 29.9 Å². The molecule has 0 radical (unpaired) electrons. The summed E-state index contributed by atoms with van der Waals surface area (Å²) < 4.78 is 6.76. The van der Waals surface area contributed by atoms with Crippen molar-refractivity contribution in [3.05, 3.63) is 65.9 Å². The van der Waals surface area contributed by atoms with E-state index < -0.39 is 5.97 Å². The topological polar surface area (TPSA) is 64.4 Å². The van der Waals surface area contributed by atoms with Gasteiger partial charge in [-0.15, -0.1) is 0 Å². The minimum absolute atomic E-state index is 0.0933. The summed E-state index contributed by atoms with van der Waals surface area (Å²) in [4.78, 5) is 11.7. The van der Waals surface area contributed by atoms with Crippen molar-refractivity contribution in [3.63, 3.8) is 0 Å². The van der Waals surface area contributed by atoms with E-state index in [1.165, 1.54) is 10.2 Å². The third-order valence-electron chi connectivity index (χ3n) is 4.14. The Balaban J connectivity index is 2.04. The van der Waals surface area contributed by atoms with Gasteiger partial charge >= 0.3 is 5.97 Å². The number of hydrogen-bond acceptors (Lipinski definition) is 3. The molecule has 0 aliphatic rings. The fraction of sp³-hybridized carbons (Fsp3) is 0.238. The highest BCUT2D eigenvalue weighted by molar-refractivity contribution is 5.88. The molecule has 0 spiro atoms. The highest BCUT2D eigenvalue weighted by Crippen LogP contribution is 2.27. The van der Waals surface area contributed by atoms with Crippen LogP contribution >= 0.6 is 0 Å². The Morgan fingerprint density at radius 3 is 2.46 bits per heavy atom. The molecule has 1 aromatic heterocycles. The summed E-state index contributed by atoms with van der Waals surface area (Å²) in [6, 6.07) is 16.9. The molecule has 5 nitrogen and oxygen atoms in total. The number of para-hydroxylation sites is 2. The van der Waals surface area contributed by atoms with Crippen molar-refractivity contribution in [1.82, 2.24) is 9.78 Å². The lowest BCUT2D eigenvalue weighted by Gasteiger charge is -2.09. The highest BCUT2D eigenvalue weighted by atomic mass is 16.5. The van der Waals surface area contributed by atoms with Gasteiger partial charge in [0.2, 0.25) is 0 Å². The molecule has 0 amide bonds. The second-order valence-corrected chi connectivity index (χ2v) is 6.60. The number of ether oxygens (including phenoxy) is 1. The summed E-state index contributed by atoms with van der Waals surface area (Å²) in [5.41, 5.74) is 3.44. The van der Waals surface area contributed by atoms with Crippen molar-refractivity contribution >= 4 is 5.97 Å². The Hall–Kier alpha value is -3.08. The van der Waals surface area contributed by atoms with E-state index in [1.807, 2.05) is 24.3 Å². The molecule has 2 aromatic carbocycles. The molecule has 0 unspecified atom stereocenters. The second kappa shape index (κ2) is 7.44. The van der Waals surface area contributed by atoms with E-state index in [9.17, 15) is 9.90 Å². The normalized spacial score (nSPS) is 10.9. The van der Waals surface area contributed by atoms with E-state index in [2.05, 4.69) is 31.1 Å². The van der Waals surface area contributed by atoms with Gasteiger partial charge in [-0.1, -0.05) is 50.2 Å². The number of hydrogen-bond donors (Lipinski definition) is 1. The quantitative estimate of drug-likeness (QED) is 0.713. The Morgan fingerprint density at radius 2 is 1.85 bits per heavy atom. The molecule has 1 heterocycles. The van der Waals surface area contributed by atoms with Crippen LogP contribution in [0.25, 0.3) is 16.9 Å². The number of aromatic carboxylic acids is 1. The van der Waals surface area contributed by atoms with Crippen LogP contribution < -0.4 is 4.74 Å². The van der Waals surface area contributed by atoms with Gasteiger partial charge in [-0.2, -0.15) is 5.10 Å². The minimum Gasteiger partial charge on any atom is -0.494 e. The fourth-order valence-corrected chi connectivity index (χ4v) is 2.95. The van der Waals surface area contributed by atoms with Crippen molar-refractivity contribution in [2.45, 2.75) is 20.3 Å². The third-order valence-corrected chi connectivity index (χ3v) is 4.14. The smallest absolute Gasteiger partial charge is 0.354 e. The summed E-state index contributed by atoms with van der Waals surface area (Å²) in [6.45, 7) is 4.37. The van der Waals surface area contributed by atoms with Crippen LogP contribution in [0, 0.1) is 5.92 Å². The molecule has 0 atom stereocenters. The summed E-state index contributed by atoms with van der Waals surface area (Å²) >= 11 is 0. The van der Waals surface area contributed by atoms with Gasteiger partial charge in [0, 0.05) is 5.56 Å². The summed E-state index contributed by atoms with van der Waals surface area (Å²) in [5, 5.41) is 14.1. The highest BCUT2D eigenvalue weighted by Gasteiger charge is 2.19. The maximum atomic E-state index is 11.7. The van der Waals surface area contributed by atoms with Crippen LogP contribution in [0.5, 0.6) is 5.75 Å². The van der Waals surface area contributed by atoms with Crippen LogP contribution in [0.4, 0.5) is 0 Å². The molecule has 0 saturated carbocycles. The van der Waals surface area contributed by atoms with Crippen LogP contribution in [-0.2, 0) is 6.42 Å². The number of benzene rings is 2. The van der Waals surface area contributed by atoms with Gasteiger partial charge < -0.3 is 9.84 Å². The Kier molecular flexibility index (Phi) is 5.07. The van der Waals surface area contributed by atoms with Crippen molar-refractivity contribution in [2.75, 3.05) is 7.11 Å². The first-order valence-electron chi connectivity index (χ1n) is 8.55. The van der Waals surface area contributed by atoms with E-state index in [0.717, 1.165) is 12.0 Å². The molecular weight excluding hydrogens is 328 g/mol. The van der Waals surface area contributed by atoms with Crippen molar-refractivity contribution in [2.24, 2.45) is 5.92 Å². The second-order valence-electron chi connectivity index (χ2n) is 6.60. The number of carboxylic acids is 1. The number of rotatable bonds is 6. The molecule has 0 bridgehead atoms. The molecule has 3 rings (SSSR count). The summed E-state index contributed by atoms with van der Waals surface area (Å²) in [5.74, 6) is 0.118. The van der Waals surface area contributed by atoms with Crippen molar-refractivity contribution in [3.8, 4) is 22.7 Å². The van der Waals surface area contributed by atoms with Gasteiger partial charge in [-0.25, -0.2) is 9.48 Å². The van der Waals surface area contributed by atoms with E-state index in [1.54, 1.807) is 25.3 Å². The van der Waals surface area contributed by atoms with Crippen LogP contribution in [0.3, 0.4) is 0 Å². The first-order valence-corrected chi connectivity index (χ1v) is 8.55. The van der Waals surface area contributed by atoms with E-state index in [0.29, 0.717) is 23.0 Å². The summed E-state index contributed by atoms with van der Waals surface area (Å²) in [6.07, 6.45) is 1.01. The Bertz CT molecular complexity index is 911. The van der Waals surface area contributed by atoms with Gasteiger partial charge in [0.05, 0.1) is 12.8 Å². The molecule has 3 aromatic rings. The lowest BCUT2D eigenvalue weighted by Crippen LogP contribution is -2.09. The van der Waals surface area contributed by atoms with Gasteiger partial charge in [0.1, 0.15) is 11.4 Å². The zero-order valence-electron chi connectivity index (χ0n) is 15.1. The zero-order valence-corrected chi connectivity index (χ0v) is 15.1. The molecule has 1 N–H and O–H groups in total. The summed E-state index contributed by atoms with van der Waals surface area (Å²) in [7, 11) is 1.55. The molecule has 0 saturated heterocycles. The van der Waals surface area contributed by atoms with Crippen LogP contribution in [0.2, 0.25) is 0 Å². The molecule has 134 valence electrons. The van der Waals surface area contributed by atoms with Crippen molar-refractivity contribution < 1.29 is 14.6 Å². The lowest BCUT2D eigenvalue weighted by molar-refractivity contribution is 0.0687. The molecule has 5 heteroatoms. The fourth-order valence-electron chi connectivity index (χ4n) is 2.95. The van der Waals surface area contributed by atoms with Gasteiger partial charge in [0.25, 0.3) is 0 Å².